The van der Waals surface area contributed by atoms with E-state index in [-0.39, 0.29) is 43.7 Å². The van der Waals surface area contributed by atoms with Gasteiger partial charge in [-0.1, -0.05) is 11.6 Å². The third-order valence-corrected chi connectivity index (χ3v) is 2.21. The number of carbonyl (C=O) groups is 1. The fourth-order valence-electron chi connectivity index (χ4n) is 1.14. The molecule has 0 heterocycles. The second-order valence-electron chi connectivity index (χ2n) is 3.79. The number of esters is 1. The summed E-state index contributed by atoms with van der Waals surface area (Å²) < 4.78 is 10.5. The van der Waals surface area contributed by atoms with Crippen molar-refractivity contribution in [3.63, 3.8) is 0 Å². The van der Waals surface area contributed by atoms with Gasteiger partial charge in [-0.3, -0.25) is 0 Å². The Balaban J connectivity index is 0.00000256. The first kappa shape index (κ1) is 17.0. The van der Waals surface area contributed by atoms with E-state index in [0.29, 0.717) is 17.4 Å². The van der Waals surface area contributed by atoms with Gasteiger partial charge in [0, 0.05) is 5.02 Å². The van der Waals surface area contributed by atoms with Gasteiger partial charge in [0.1, 0.15) is 5.75 Å². The van der Waals surface area contributed by atoms with Crippen LogP contribution in [0.2, 0.25) is 5.02 Å². The molecular formula is C12H15CaClO3+2. The molecule has 0 saturated heterocycles. The molecule has 1 rings (SSSR count). The zero-order chi connectivity index (χ0) is 12.2. The monoisotopic (exact) mass is 282 g/mol. The first-order valence-corrected chi connectivity index (χ1v) is 5.45. The first-order chi connectivity index (χ1) is 7.45. The average molecular weight is 283 g/mol. The van der Waals surface area contributed by atoms with Gasteiger partial charge in [-0.2, -0.15) is 0 Å². The fourth-order valence-corrected chi connectivity index (χ4v) is 1.27. The summed E-state index contributed by atoms with van der Waals surface area (Å²) in [4.78, 5) is 11.6. The van der Waals surface area contributed by atoms with Gasteiger partial charge < -0.3 is 9.47 Å². The number of rotatable bonds is 4. The van der Waals surface area contributed by atoms with Crippen molar-refractivity contribution in [1.82, 2.24) is 0 Å². The van der Waals surface area contributed by atoms with E-state index in [4.69, 9.17) is 21.1 Å². The van der Waals surface area contributed by atoms with E-state index in [1.54, 1.807) is 45.0 Å². The van der Waals surface area contributed by atoms with Crippen LogP contribution in [0.5, 0.6) is 5.75 Å². The molecule has 0 unspecified atom stereocenters. The van der Waals surface area contributed by atoms with Gasteiger partial charge in [0.2, 0.25) is 0 Å². The number of hydrogen-bond donors (Lipinski definition) is 0. The van der Waals surface area contributed by atoms with Crippen LogP contribution in [0.1, 0.15) is 20.8 Å². The topological polar surface area (TPSA) is 35.5 Å². The van der Waals surface area contributed by atoms with Crippen LogP contribution >= 0.6 is 11.6 Å². The molecule has 1 aromatic rings. The van der Waals surface area contributed by atoms with Crippen LogP contribution in [0, 0.1) is 0 Å². The summed E-state index contributed by atoms with van der Waals surface area (Å²) >= 11 is 5.75. The fraction of sp³-hybridized carbons (Fsp3) is 0.417. The minimum atomic E-state index is -0.996. The molecule has 0 saturated carbocycles. The smallest absolute Gasteiger partial charge is 0.476 e. The van der Waals surface area contributed by atoms with Crippen molar-refractivity contribution in [3.8, 4) is 5.75 Å². The molecule has 0 fully saturated rings. The van der Waals surface area contributed by atoms with Gasteiger partial charge in [-0.05, 0) is 45.0 Å². The standard InChI is InChI=1S/C12H15ClO3.Ca/c1-4-15-11(14)12(2,3)16-10-7-5-9(13)6-8-10;/h5-8H,4H2,1-3H3;/q;+2. The SMILES string of the molecule is CCOC(=O)C(C)(C)Oc1ccc(Cl)cc1.[Ca+2]. The molecule has 0 aliphatic carbocycles. The Bertz CT molecular complexity index is 363. The molecule has 5 heteroatoms. The average Bonchev–Trinajstić information content (AvgIpc) is 2.21. The molecule has 0 aliphatic heterocycles. The molecular weight excluding hydrogens is 268 g/mol. The van der Waals surface area contributed by atoms with Crippen LogP contribution in [0.15, 0.2) is 24.3 Å². The summed E-state index contributed by atoms with van der Waals surface area (Å²) in [5.41, 5.74) is -0.996. The van der Waals surface area contributed by atoms with Crippen LogP contribution in [-0.2, 0) is 9.53 Å². The predicted octanol–water partition coefficient (Wildman–Crippen LogP) is 2.68. The Morgan fingerprint density at radius 2 is 1.82 bits per heavy atom. The predicted molar refractivity (Wildman–Crippen MR) is 68.5 cm³/mol. The third kappa shape index (κ3) is 5.47. The normalized spacial score (nSPS) is 10.4. The molecule has 0 aromatic heterocycles. The molecule has 0 bridgehead atoms. The van der Waals surface area contributed by atoms with Crippen molar-refractivity contribution in [2.45, 2.75) is 26.4 Å². The molecule has 0 aliphatic rings. The number of halogens is 1. The number of benzene rings is 1. The summed E-state index contributed by atoms with van der Waals surface area (Å²) in [6.07, 6.45) is 0. The maximum atomic E-state index is 11.6. The quantitative estimate of drug-likeness (QED) is 0.629. The molecule has 0 atom stereocenters. The minimum absolute atomic E-state index is 0. The van der Waals surface area contributed by atoms with Crippen molar-refractivity contribution in [2.75, 3.05) is 6.61 Å². The van der Waals surface area contributed by atoms with E-state index in [1.807, 2.05) is 0 Å². The van der Waals surface area contributed by atoms with E-state index in [9.17, 15) is 4.79 Å². The summed E-state index contributed by atoms with van der Waals surface area (Å²) in [6, 6.07) is 6.84. The zero-order valence-corrected chi connectivity index (χ0v) is 13.3. The summed E-state index contributed by atoms with van der Waals surface area (Å²) in [5, 5.41) is 0.626. The Labute approximate surface area is 136 Å². The zero-order valence-electron chi connectivity index (χ0n) is 10.3. The minimum Gasteiger partial charge on any atom is -0.476 e. The molecule has 0 spiro atoms. The van der Waals surface area contributed by atoms with E-state index in [2.05, 4.69) is 0 Å². The molecule has 0 amide bonds. The van der Waals surface area contributed by atoms with Crippen LogP contribution in [0.3, 0.4) is 0 Å². The Morgan fingerprint density at radius 3 is 2.29 bits per heavy atom. The van der Waals surface area contributed by atoms with Crippen molar-refractivity contribution in [1.29, 1.82) is 0 Å². The van der Waals surface area contributed by atoms with Crippen LogP contribution < -0.4 is 4.74 Å². The molecule has 0 N–H and O–H groups in total. The Kier molecular flexibility index (Phi) is 7.49. The second kappa shape index (κ2) is 7.47. The summed E-state index contributed by atoms with van der Waals surface area (Å²) in [7, 11) is 0. The molecule has 88 valence electrons. The van der Waals surface area contributed by atoms with Crippen molar-refractivity contribution in [3.05, 3.63) is 29.3 Å². The summed E-state index contributed by atoms with van der Waals surface area (Å²) in [5.74, 6) is 0.201. The van der Waals surface area contributed by atoms with Gasteiger partial charge in [-0.15, -0.1) is 0 Å². The van der Waals surface area contributed by atoms with Crippen LogP contribution in [0.25, 0.3) is 0 Å². The van der Waals surface area contributed by atoms with Crippen molar-refractivity contribution in [2.24, 2.45) is 0 Å². The number of hydrogen-bond acceptors (Lipinski definition) is 3. The van der Waals surface area contributed by atoms with Crippen LogP contribution in [-0.4, -0.2) is 55.9 Å². The molecule has 0 radical (unpaired) electrons. The third-order valence-electron chi connectivity index (χ3n) is 1.95. The Morgan fingerprint density at radius 1 is 1.29 bits per heavy atom. The molecule has 1 aromatic carbocycles. The summed E-state index contributed by atoms with van der Waals surface area (Å²) in [6.45, 7) is 5.43. The van der Waals surface area contributed by atoms with E-state index >= 15 is 0 Å². The first-order valence-electron chi connectivity index (χ1n) is 5.07. The van der Waals surface area contributed by atoms with Gasteiger partial charge in [-0.25, -0.2) is 4.79 Å². The maximum absolute atomic E-state index is 11.6. The van der Waals surface area contributed by atoms with Gasteiger partial charge in [0.15, 0.2) is 5.60 Å². The molecule has 17 heavy (non-hydrogen) atoms. The van der Waals surface area contributed by atoms with Gasteiger partial charge >= 0.3 is 43.7 Å². The van der Waals surface area contributed by atoms with Gasteiger partial charge in [0.25, 0.3) is 0 Å². The van der Waals surface area contributed by atoms with E-state index < -0.39 is 5.60 Å². The van der Waals surface area contributed by atoms with Gasteiger partial charge in [0.05, 0.1) is 6.61 Å². The maximum Gasteiger partial charge on any atom is 2.00 e. The van der Waals surface area contributed by atoms with Crippen LogP contribution in [0.4, 0.5) is 0 Å². The van der Waals surface area contributed by atoms with E-state index in [1.165, 1.54) is 0 Å². The van der Waals surface area contributed by atoms with Crippen molar-refractivity contribution >= 4 is 55.3 Å². The van der Waals surface area contributed by atoms with E-state index in [0.717, 1.165) is 0 Å². The largest absolute Gasteiger partial charge is 2.00 e. The number of ether oxygens (including phenoxy) is 2. The number of carbonyl (C=O) groups excluding carboxylic acids is 1. The van der Waals surface area contributed by atoms with Crippen molar-refractivity contribution < 1.29 is 14.3 Å². The molecule has 3 nitrogen and oxygen atoms in total. The second-order valence-corrected chi connectivity index (χ2v) is 4.22. The Hall–Kier alpha value is 0.0397.